The van der Waals surface area contributed by atoms with E-state index >= 15 is 0 Å². The van der Waals surface area contributed by atoms with Crippen molar-refractivity contribution < 1.29 is 4.74 Å². The summed E-state index contributed by atoms with van der Waals surface area (Å²) in [5.41, 5.74) is 9.78. The highest BCUT2D eigenvalue weighted by Crippen LogP contribution is 2.33. The summed E-state index contributed by atoms with van der Waals surface area (Å²) in [6.45, 7) is 4.83. The molecule has 2 fully saturated rings. The van der Waals surface area contributed by atoms with Crippen LogP contribution in [0.25, 0.3) is 0 Å². The second-order valence-corrected chi connectivity index (χ2v) is 5.15. The van der Waals surface area contributed by atoms with Crippen LogP contribution in [0.3, 0.4) is 0 Å². The van der Waals surface area contributed by atoms with Crippen LogP contribution < -0.4 is 10.6 Å². The van der Waals surface area contributed by atoms with Crippen LogP contribution in [0.4, 0.5) is 5.69 Å². The maximum absolute atomic E-state index is 5.89. The SMILES string of the molecule is Cc1cccc(CN)c1N1CC2CCC(C1)O2. The van der Waals surface area contributed by atoms with Crippen molar-refractivity contribution in [3.05, 3.63) is 29.3 Å². The lowest BCUT2D eigenvalue weighted by atomic mass is 10.1. The molecule has 0 amide bonds. The van der Waals surface area contributed by atoms with Gasteiger partial charge in [-0.3, -0.25) is 0 Å². The number of para-hydroxylation sites is 1. The van der Waals surface area contributed by atoms with Gasteiger partial charge in [0, 0.05) is 25.3 Å². The van der Waals surface area contributed by atoms with Gasteiger partial charge in [0.05, 0.1) is 12.2 Å². The molecule has 0 aliphatic carbocycles. The van der Waals surface area contributed by atoms with Crippen molar-refractivity contribution >= 4 is 5.69 Å². The van der Waals surface area contributed by atoms with E-state index in [-0.39, 0.29) is 0 Å². The summed E-state index contributed by atoms with van der Waals surface area (Å²) in [5, 5.41) is 0. The molecular formula is C14H20N2O. The van der Waals surface area contributed by atoms with Gasteiger partial charge in [-0.05, 0) is 30.9 Å². The van der Waals surface area contributed by atoms with E-state index in [1.165, 1.54) is 29.7 Å². The number of hydrogen-bond acceptors (Lipinski definition) is 3. The Bertz CT molecular complexity index is 407. The van der Waals surface area contributed by atoms with E-state index in [0.717, 1.165) is 13.1 Å². The third kappa shape index (κ3) is 1.94. The van der Waals surface area contributed by atoms with Gasteiger partial charge in [-0.15, -0.1) is 0 Å². The van der Waals surface area contributed by atoms with Gasteiger partial charge in [-0.2, -0.15) is 0 Å². The minimum atomic E-state index is 0.430. The number of benzene rings is 1. The summed E-state index contributed by atoms with van der Waals surface area (Å²) < 4.78 is 5.89. The first-order valence-electron chi connectivity index (χ1n) is 6.47. The molecule has 0 saturated carbocycles. The van der Waals surface area contributed by atoms with E-state index < -0.39 is 0 Å². The number of morpholine rings is 1. The summed E-state index contributed by atoms with van der Waals surface area (Å²) >= 11 is 0. The second kappa shape index (κ2) is 4.31. The Labute approximate surface area is 103 Å². The summed E-state index contributed by atoms with van der Waals surface area (Å²) in [6.07, 6.45) is 3.29. The molecular weight excluding hydrogens is 212 g/mol. The highest BCUT2D eigenvalue weighted by Gasteiger charge is 2.34. The molecule has 1 aromatic carbocycles. The number of rotatable bonds is 2. The van der Waals surface area contributed by atoms with E-state index in [9.17, 15) is 0 Å². The van der Waals surface area contributed by atoms with Crippen molar-refractivity contribution in [3.63, 3.8) is 0 Å². The highest BCUT2D eigenvalue weighted by molar-refractivity contribution is 5.60. The summed E-state index contributed by atoms with van der Waals surface area (Å²) in [6, 6.07) is 6.40. The lowest BCUT2D eigenvalue weighted by molar-refractivity contribution is 0.0304. The normalized spacial score (nSPS) is 27.5. The van der Waals surface area contributed by atoms with Crippen molar-refractivity contribution in [2.24, 2.45) is 5.73 Å². The maximum atomic E-state index is 5.89. The number of ether oxygens (including phenoxy) is 1. The van der Waals surface area contributed by atoms with Crippen molar-refractivity contribution in [2.45, 2.75) is 38.5 Å². The van der Waals surface area contributed by atoms with Gasteiger partial charge >= 0.3 is 0 Å². The number of nitrogens with zero attached hydrogens (tertiary/aromatic N) is 1. The van der Waals surface area contributed by atoms with Gasteiger partial charge in [0.15, 0.2) is 0 Å². The quantitative estimate of drug-likeness (QED) is 0.845. The van der Waals surface area contributed by atoms with Crippen LogP contribution in [-0.4, -0.2) is 25.3 Å². The van der Waals surface area contributed by atoms with Gasteiger partial charge in [-0.1, -0.05) is 18.2 Å². The Balaban J connectivity index is 1.93. The van der Waals surface area contributed by atoms with Crippen LogP contribution in [0, 0.1) is 6.92 Å². The molecule has 92 valence electrons. The van der Waals surface area contributed by atoms with Crippen LogP contribution in [0.5, 0.6) is 0 Å². The smallest absolute Gasteiger partial charge is 0.0755 e. The minimum absolute atomic E-state index is 0.430. The zero-order valence-electron chi connectivity index (χ0n) is 10.4. The van der Waals surface area contributed by atoms with E-state index in [1.54, 1.807) is 0 Å². The van der Waals surface area contributed by atoms with E-state index in [2.05, 4.69) is 30.0 Å². The molecule has 2 heterocycles. The van der Waals surface area contributed by atoms with E-state index in [1.807, 2.05) is 0 Å². The zero-order chi connectivity index (χ0) is 11.8. The average Bonchev–Trinajstić information content (AvgIpc) is 2.68. The predicted molar refractivity (Wildman–Crippen MR) is 69.2 cm³/mol. The minimum Gasteiger partial charge on any atom is -0.371 e. The van der Waals surface area contributed by atoms with Crippen LogP contribution in [0.15, 0.2) is 18.2 Å². The fourth-order valence-electron chi connectivity index (χ4n) is 3.13. The van der Waals surface area contributed by atoms with E-state index in [0.29, 0.717) is 18.8 Å². The molecule has 1 aromatic rings. The lowest BCUT2D eigenvalue weighted by Gasteiger charge is -2.36. The molecule has 2 unspecified atom stereocenters. The molecule has 2 N–H and O–H groups in total. The van der Waals surface area contributed by atoms with Crippen molar-refractivity contribution in [1.29, 1.82) is 0 Å². The van der Waals surface area contributed by atoms with Crippen molar-refractivity contribution in [3.8, 4) is 0 Å². The van der Waals surface area contributed by atoms with Gasteiger partial charge < -0.3 is 15.4 Å². The molecule has 17 heavy (non-hydrogen) atoms. The van der Waals surface area contributed by atoms with Crippen LogP contribution >= 0.6 is 0 Å². The molecule has 0 radical (unpaired) electrons. The van der Waals surface area contributed by atoms with Gasteiger partial charge in [0.1, 0.15) is 0 Å². The van der Waals surface area contributed by atoms with Crippen molar-refractivity contribution in [2.75, 3.05) is 18.0 Å². The number of aryl methyl sites for hydroxylation is 1. The van der Waals surface area contributed by atoms with Crippen LogP contribution in [-0.2, 0) is 11.3 Å². The Morgan fingerprint density at radius 3 is 2.65 bits per heavy atom. The highest BCUT2D eigenvalue weighted by atomic mass is 16.5. The third-order valence-corrected chi connectivity index (χ3v) is 3.90. The Morgan fingerprint density at radius 1 is 1.29 bits per heavy atom. The monoisotopic (exact) mass is 232 g/mol. The fraction of sp³-hybridized carbons (Fsp3) is 0.571. The maximum Gasteiger partial charge on any atom is 0.0755 e. The molecule has 2 atom stereocenters. The molecule has 3 heteroatoms. The fourth-order valence-corrected chi connectivity index (χ4v) is 3.13. The Kier molecular flexibility index (Phi) is 2.81. The molecule has 2 aliphatic heterocycles. The van der Waals surface area contributed by atoms with Gasteiger partial charge in [0.25, 0.3) is 0 Å². The summed E-state index contributed by atoms with van der Waals surface area (Å²) in [5.74, 6) is 0. The number of hydrogen-bond donors (Lipinski definition) is 1. The average molecular weight is 232 g/mol. The largest absolute Gasteiger partial charge is 0.371 e. The molecule has 0 aromatic heterocycles. The third-order valence-electron chi connectivity index (χ3n) is 3.90. The predicted octanol–water partition coefficient (Wildman–Crippen LogP) is 1.82. The summed E-state index contributed by atoms with van der Waals surface area (Å²) in [7, 11) is 0. The number of fused-ring (bicyclic) bond motifs is 2. The molecule has 3 rings (SSSR count). The standard InChI is InChI=1S/C14H20N2O/c1-10-3-2-4-11(7-15)14(10)16-8-12-5-6-13(9-16)17-12/h2-4,12-13H,5-9,15H2,1H3. The molecule has 3 nitrogen and oxygen atoms in total. The number of nitrogens with two attached hydrogens (primary N) is 1. The molecule has 2 bridgehead atoms. The molecule has 2 saturated heterocycles. The lowest BCUT2D eigenvalue weighted by Crippen LogP contribution is -2.43. The second-order valence-electron chi connectivity index (χ2n) is 5.15. The topological polar surface area (TPSA) is 38.5 Å². The van der Waals surface area contributed by atoms with Crippen molar-refractivity contribution in [1.82, 2.24) is 0 Å². The van der Waals surface area contributed by atoms with Gasteiger partial charge in [-0.25, -0.2) is 0 Å². The molecule has 0 spiro atoms. The first kappa shape index (κ1) is 11.1. The zero-order valence-corrected chi connectivity index (χ0v) is 10.4. The van der Waals surface area contributed by atoms with E-state index in [4.69, 9.17) is 10.5 Å². The summed E-state index contributed by atoms with van der Waals surface area (Å²) in [4.78, 5) is 2.48. The van der Waals surface area contributed by atoms with Crippen LogP contribution in [0.1, 0.15) is 24.0 Å². The molecule has 2 aliphatic rings. The van der Waals surface area contributed by atoms with Crippen LogP contribution in [0.2, 0.25) is 0 Å². The number of anilines is 1. The van der Waals surface area contributed by atoms with Gasteiger partial charge in [0.2, 0.25) is 0 Å². The Morgan fingerprint density at radius 2 is 2.00 bits per heavy atom. The first-order chi connectivity index (χ1) is 8.28. The first-order valence-corrected chi connectivity index (χ1v) is 6.47. The Hall–Kier alpha value is -1.06.